The second kappa shape index (κ2) is 4.52. The maximum atomic E-state index is 12.1. The first kappa shape index (κ1) is 12.2. The standard InChI is InChI=1S/C13H14N2O3/c1-3-11-8(2)14-15(12(11)16)10-6-4-5-9(7-10)13(17)18/h4-7,14H,3H2,1-2H3,(H,17,18). The lowest BCUT2D eigenvalue weighted by Crippen LogP contribution is -2.17. The molecule has 18 heavy (non-hydrogen) atoms. The summed E-state index contributed by atoms with van der Waals surface area (Å²) < 4.78 is 1.38. The number of aryl methyl sites for hydroxylation is 1. The second-order valence-electron chi connectivity index (χ2n) is 4.06. The second-order valence-corrected chi connectivity index (χ2v) is 4.06. The molecule has 0 saturated heterocycles. The van der Waals surface area contributed by atoms with Crippen molar-refractivity contribution in [1.29, 1.82) is 0 Å². The Bertz CT molecular complexity index is 652. The van der Waals surface area contributed by atoms with Gasteiger partial charge in [-0.15, -0.1) is 0 Å². The molecule has 0 amide bonds. The molecule has 0 aliphatic rings. The molecule has 0 aliphatic carbocycles. The molecule has 0 radical (unpaired) electrons. The first-order valence-electron chi connectivity index (χ1n) is 5.68. The van der Waals surface area contributed by atoms with E-state index in [9.17, 15) is 9.59 Å². The average Bonchev–Trinajstić information content (AvgIpc) is 2.64. The first-order valence-corrected chi connectivity index (χ1v) is 5.68. The average molecular weight is 246 g/mol. The van der Waals surface area contributed by atoms with Crippen LogP contribution < -0.4 is 5.56 Å². The van der Waals surface area contributed by atoms with Gasteiger partial charge in [-0.25, -0.2) is 9.48 Å². The summed E-state index contributed by atoms with van der Waals surface area (Å²) >= 11 is 0. The van der Waals surface area contributed by atoms with Crippen LogP contribution in [-0.2, 0) is 6.42 Å². The van der Waals surface area contributed by atoms with E-state index in [0.29, 0.717) is 12.1 Å². The molecule has 5 nitrogen and oxygen atoms in total. The number of carboxylic acid groups (broad SMARTS) is 1. The predicted octanol–water partition coefficient (Wildman–Crippen LogP) is 1.73. The fourth-order valence-electron chi connectivity index (χ4n) is 1.96. The number of nitrogens with one attached hydrogen (secondary N) is 1. The largest absolute Gasteiger partial charge is 0.478 e. The van der Waals surface area contributed by atoms with Crippen LogP contribution in [0.3, 0.4) is 0 Å². The number of hydrogen-bond donors (Lipinski definition) is 2. The van der Waals surface area contributed by atoms with Crippen LogP contribution in [-0.4, -0.2) is 20.9 Å². The number of aromatic nitrogens is 2. The highest BCUT2D eigenvalue weighted by Crippen LogP contribution is 2.10. The Kier molecular flexibility index (Phi) is 3.06. The molecule has 1 aromatic carbocycles. The van der Waals surface area contributed by atoms with Crippen LogP contribution in [0.1, 0.15) is 28.5 Å². The molecule has 0 unspecified atom stereocenters. The van der Waals surface area contributed by atoms with Gasteiger partial charge in [0.25, 0.3) is 5.56 Å². The minimum atomic E-state index is -1.01. The van der Waals surface area contributed by atoms with Crippen LogP contribution >= 0.6 is 0 Å². The zero-order valence-corrected chi connectivity index (χ0v) is 10.2. The Hall–Kier alpha value is -2.30. The monoisotopic (exact) mass is 246 g/mol. The number of carbonyl (C=O) groups is 1. The molecule has 1 aromatic heterocycles. The molecule has 2 N–H and O–H groups in total. The lowest BCUT2D eigenvalue weighted by Gasteiger charge is -2.02. The maximum Gasteiger partial charge on any atom is 0.335 e. The number of H-pyrrole nitrogens is 1. The smallest absolute Gasteiger partial charge is 0.335 e. The number of nitrogens with zero attached hydrogens (tertiary/aromatic N) is 1. The highest BCUT2D eigenvalue weighted by molar-refractivity contribution is 5.88. The van der Waals surface area contributed by atoms with E-state index < -0.39 is 5.97 Å². The fraction of sp³-hybridized carbons (Fsp3) is 0.231. The van der Waals surface area contributed by atoms with Crippen molar-refractivity contribution >= 4 is 5.97 Å². The summed E-state index contributed by atoms with van der Waals surface area (Å²) in [5.41, 5.74) is 2.09. The van der Waals surface area contributed by atoms with Gasteiger partial charge in [0.15, 0.2) is 0 Å². The molecular weight excluding hydrogens is 232 g/mol. The molecule has 0 aliphatic heterocycles. The summed E-state index contributed by atoms with van der Waals surface area (Å²) in [5, 5.41) is 11.9. The lowest BCUT2D eigenvalue weighted by molar-refractivity contribution is 0.0697. The van der Waals surface area contributed by atoms with Gasteiger partial charge in [-0.05, 0) is 31.5 Å². The third-order valence-corrected chi connectivity index (χ3v) is 2.90. The van der Waals surface area contributed by atoms with Crippen molar-refractivity contribution in [3.8, 4) is 5.69 Å². The van der Waals surface area contributed by atoms with Gasteiger partial charge in [-0.1, -0.05) is 13.0 Å². The Morgan fingerprint density at radius 2 is 2.17 bits per heavy atom. The van der Waals surface area contributed by atoms with E-state index in [0.717, 1.165) is 11.3 Å². The topological polar surface area (TPSA) is 75.1 Å². The third-order valence-electron chi connectivity index (χ3n) is 2.90. The van der Waals surface area contributed by atoms with E-state index in [-0.39, 0.29) is 11.1 Å². The van der Waals surface area contributed by atoms with Gasteiger partial charge in [0.05, 0.1) is 11.3 Å². The Balaban J connectivity index is 2.59. The van der Waals surface area contributed by atoms with E-state index in [1.807, 2.05) is 13.8 Å². The number of aromatic amines is 1. The molecule has 0 bridgehead atoms. The highest BCUT2D eigenvalue weighted by atomic mass is 16.4. The van der Waals surface area contributed by atoms with Crippen LogP contribution in [0.5, 0.6) is 0 Å². The molecule has 0 fully saturated rings. The Morgan fingerprint density at radius 3 is 2.72 bits per heavy atom. The van der Waals surface area contributed by atoms with Gasteiger partial charge in [0.2, 0.25) is 0 Å². The maximum absolute atomic E-state index is 12.1. The van der Waals surface area contributed by atoms with Gasteiger partial charge in [0.1, 0.15) is 0 Å². The van der Waals surface area contributed by atoms with Gasteiger partial charge in [-0.2, -0.15) is 0 Å². The van der Waals surface area contributed by atoms with E-state index in [1.165, 1.54) is 16.8 Å². The molecule has 94 valence electrons. The van der Waals surface area contributed by atoms with Gasteiger partial charge in [-0.3, -0.25) is 9.89 Å². The van der Waals surface area contributed by atoms with Crippen molar-refractivity contribution in [2.75, 3.05) is 0 Å². The van der Waals surface area contributed by atoms with Crippen molar-refractivity contribution in [3.63, 3.8) is 0 Å². The van der Waals surface area contributed by atoms with Crippen LogP contribution in [0.2, 0.25) is 0 Å². The number of benzene rings is 1. The quantitative estimate of drug-likeness (QED) is 0.866. The number of carboxylic acids is 1. The summed E-state index contributed by atoms with van der Waals surface area (Å²) in [6.07, 6.45) is 0.646. The van der Waals surface area contributed by atoms with Crippen LogP contribution in [0, 0.1) is 6.92 Å². The predicted molar refractivity (Wildman–Crippen MR) is 67.5 cm³/mol. The third kappa shape index (κ3) is 1.95. The van der Waals surface area contributed by atoms with Crippen LogP contribution in [0.15, 0.2) is 29.1 Å². The first-order chi connectivity index (χ1) is 8.54. The molecular formula is C13H14N2O3. The van der Waals surface area contributed by atoms with Crippen LogP contribution in [0.4, 0.5) is 0 Å². The SMILES string of the molecule is CCc1c(C)[nH]n(-c2cccc(C(=O)O)c2)c1=O. The molecule has 0 saturated carbocycles. The summed E-state index contributed by atoms with van der Waals surface area (Å²) in [7, 11) is 0. The number of hydrogen-bond acceptors (Lipinski definition) is 2. The van der Waals surface area contributed by atoms with E-state index in [4.69, 9.17) is 5.11 Å². The minimum Gasteiger partial charge on any atom is -0.478 e. The van der Waals surface area contributed by atoms with E-state index in [1.54, 1.807) is 12.1 Å². The summed E-state index contributed by atoms with van der Waals surface area (Å²) in [5.74, 6) is -1.01. The molecule has 2 aromatic rings. The fourth-order valence-corrected chi connectivity index (χ4v) is 1.96. The minimum absolute atomic E-state index is 0.127. The highest BCUT2D eigenvalue weighted by Gasteiger charge is 2.11. The lowest BCUT2D eigenvalue weighted by atomic mass is 10.2. The van der Waals surface area contributed by atoms with Crippen molar-refractivity contribution in [3.05, 3.63) is 51.4 Å². The number of aromatic carboxylic acids is 1. The zero-order chi connectivity index (χ0) is 13.3. The summed E-state index contributed by atoms with van der Waals surface area (Å²) in [6, 6.07) is 6.28. The van der Waals surface area contributed by atoms with Gasteiger partial charge >= 0.3 is 5.97 Å². The zero-order valence-electron chi connectivity index (χ0n) is 10.2. The van der Waals surface area contributed by atoms with Crippen LogP contribution in [0.25, 0.3) is 5.69 Å². The van der Waals surface area contributed by atoms with E-state index in [2.05, 4.69) is 5.10 Å². The normalized spacial score (nSPS) is 10.6. The van der Waals surface area contributed by atoms with Crippen molar-refractivity contribution in [2.45, 2.75) is 20.3 Å². The molecule has 5 heteroatoms. The molecule has 0 atom stereocenters. The summed E-state index contributed by atoms with van der Waals surface area (Å²) in [4.78, 5) is 23.0. The molecule has 0 spiro atoms. The van der Waals surface area contributed by atoms with Gasteiger partial charge in [0, 0.05) is 11.3 Å². The molecule has 2 rings (SSSR count). The van der Waals surface area contributed by atoms with Crippen molar-refractivity contribution in [1.82, 2.24) is 9.78 Å². The molecule has 1 heterocycles. The van der Waals surface area contributed by atoms with Crippen molar-refractivity contribution in [2.24, 2.45) is 0 Å². The Labute approximate surface area is 104 Å². The summed E-state index contributed by atoms with van der Waals surface area (Å²) in [6.45, 7) is 3.74. The number of rotatable bonds is 3. The van der Waals surface area contributed by atoms with E-state index >= 15 is 0 Å². The van der Waals surface area contributed by atoms with Gasteiger partial charge < -0.3 is 5.11 Å². The Morgan fingerprint density at radius 1 is 1.44 bits per heavy atom. The van der Waals surface area contributed by atoms with Crippen molar-refractivity contribution < 1.29 is 9.90 Å².